The Labute approximate surface area is 120 Å². The number of hydrogen-bond acceptors (Lipinski definition) is 3. The molecule has 116 valence electrons. The molecule has 0 aromatic heterocycles. The molecule has 2 N–H and O–H groups in total. The highest BCUT2D eigenvalue weighted by atomic mass is 32.2. The highest BCUT2D eigenvalue weighted by molar-refractivity contribution is 7.91. The lowest BCUT2D eigenvalue weighted by molar-refractivity contribution is 0.504. The first-order chi connectivity index (χ1) is 9.02. The molecule has 0 aliphatic heterocycles. The van der Waals surface area contributed by atoms with Crippen LogP contribution in [-0.4, -0.2) is 26.0 Å². The number of sulfone groups is 1. The fraction of sp³-hybridized carbons (Fsp3) is 1.00. The van der Waals surface area contributed by atoms with Crippen molar-refractivity contribution in [2.45, 2.75) is 84.1 Å². The average molecular weight is 292 g/mol. The molecule has 19 heavy (non-hydrogen) atoms. The summed E-state index contributed by atoms with van der Waals surface area (Å²) >= 11 is 0. The van der Waals surface area contributed by atoms with Gasteiger partial charge in [0.1, 0.15) is 9.84 Å². The van der Waals surface area contributed by atoms with Crippen LogP contribution in [0.15, 0.2) is 0 Å². The van der Waals surface area contributed by atoms with E-state index in [1.165, 1.54) is 44.9 Å². The summed E-state index contributed by atoms with van der Waals surface area (Å²) in [6, 6.07) is 0.183. The van der Waals surface area contributed by atoms with Crippen LogP contribution in [0.2, 0.25) is 0 Å². The molecule has 0 fully saturated rings. The Kier molecular flexibility index (Phi) is 11.7. The van der Waals surface area contributed by atoms with Gasteiger partial charge in [-0.1, -0.05) is 58.8 Å². The number of nitrogens with two attached hydrogens (primary N) is 1. The molecule has 0 saturated carbocycles. The van der Waals surface area contributed by atoms with Gasteiger partial charge in [-0.25, -0.2) is 8.42 Å². The molecule has 0 aliphatic carbocycles. The van der Waals surface area contributed by atoms with Gasteiger partial charge >= 0.3 is 0 Å². The molecule has 0 aliphatic rings. The second-order valence-corrected chi connectivity index (χ2v) is 8.02. The van der Waals surface area contributed by atoms with Crippen LogP contribution >= 0.6 is 0 Å². The first-order valence-electron chi connectivity index (χ1n) is 7.97. The van der Waals surface area contributed by atoms with Crippen molar-refractivity contribution in [1.82, 2.24) is 0 Å². The Bertz CT molecular complexity index is 289. The SMILES string of the molecule is CCCCCCCCCC(N)CCCS(=O)(=O)CC. The third-order valence-corrected chi connectivity index (χ3v) is 5.44. The van der Waals surface area contributed by atoms with Gasteiger partial charge in [-0.05, 0) is 19.3 Å². The van der Waals surface area contributed by atoms with Gasteiger partial charge in [-0.2, -0.15) is 0 Å². The molecule has 0 heterocycles. The summed E-state index contributed by atoms with van der Waals surface area (Å²) in [6.45, 7) is 3.94. The number of rotatable bonds is 13. The first kappa shape index (κ1) is 18.9. The van der Waals surface area contributed by atoms with Gasteiger partial charge in [0.25, 0.3) is 0 Å². The van der Waals surface area contributed by atoms with E-state index in [1.807, 2.05) is 0 Å². The van der Waals surface area contributed by atoms with Gasteiger partial charge in [-0.3, -0.25) is 0 Å². The zero-order valence-electron chi connectivity index (χ0n) is 12.9. The maximum Gasteiger partial charge on any atom is 0.150 e. The van der Waals surface area contributed by atoms with E-state index in [1.54, 1.807) is 6.92 Å². The van der Waals surface area contributed by atoms with Gasteiger partial charge in [0.2, 0.25) is 0 Å². The van der Waals surface area contributed by atoms with Crippen LogP contribution in [0.25, 0.3) is 0 Å². The minimum absolute atomic E-state index is 0.183. The third kappa shape index (κ3) is 12.7. The minimum atomic E-state index is -2.81. The van der Waals surface area contributed by atoms with Crippen molar-refractivity contribution in [1.29, 1.82) is 0 Å². The normalized spacial score (nSPS) is 13.6. The Morgan fingerprint density at radius 1 is 0.842 bits per heavy atom. The van der Waals surface area contributed by atoms with Crippen LogP contribution in [0, 0.1) is 0 Å². The fourth-order valence-corrected chi connectivity index (χ4v) is 3.11. The lowest BCUT2D eigenvalue weighted by Crippen LogP contribution is -2.21. The third-order valence-electron chi connectivity index (χ3n) is 3.65. The van der Waals surface area contributed by atoms with Crippen molar-refractivity contribution in [2.75, 3.05) is 11.5 Å². The van der Waals surface area contributed by atoms with Crippen LogP contribution in [0.3, 0.4) is 0 Å². The van der Waals surface area contributed by atoms with Gasteiger partial charge in [0.05, 0.1) is 5.75 Å². The molecular weight excluding hydrogens is 258 g/mol. The minimum Gasteiger partial charge on any atom is -0.328 e. The van der Waals surface area contributed by atoms with E-state index in [0.29, 0.717) is 12.2 Å². The number of hydrogen-bond donors (Lipinski definition) is 1. The summed E-state index contributed by atoms with van der Waals surface area (Å²) in [7, 11) is -2.81. The Morgan fingerprint density at radius 3 is 1.95 bits per heavy atom. The van der Waals surface area contributed by atoms with Gasteiger partial charge in [-0.15, -0.1) is 0 Å². The van der Waals surface area contributed by atoms with Crippen molar-refractivity contribution in [3.8, 4) is 0 Å². The van der Waals surface area contributed by atoms with E-state index >= 15 is 0 Å². The molecule has 3 nitrogen and oxygen atoms in total. The predicted molar refractivity (Wildman–Crippen MR) is 84.1 cm³/mol. The first-order valence-corrected chi connectivity index (χ1v) is 9.80. The lowest BCUT2D eigenvalue weighted by Gasteiger charge is -2.11. The van der Waals surface area contributed by atoms with E-state index in [0.717, 1.165) is 12.8 Å². The standard InChI is InChI=1S/C15H33NO2S/c1-3-5-6-7-8-9-10-12-15(16)13-11-14-19(17,18)4-2/h15H,3-14,16H2,1-2H3. The van der Waals surface area contributed by atoms with E-state index in [4.69, 9.17) is 5.73 Å². The maximum absolute atomic E-state index is 11.3. The summed E-state index contributed by atoms with van der Waals surface area (Å²) in [5, 5.41) is 0. The molecule has 0 radical (unpaired) electrons. The van der Waals surface area contributed by atoms with E-state index in [-0.39, 0.29) is 11.8 Å². The zero-order valence-corrected chi connectivity index (χ0v) is 13.7. The van der Waals surface area contributed by atoms with Crippen LogP contribution in [-0.2, 0) is 9.84 Å². The Balaban J connectivity index is 3.37. The van der Waals surface area contributed by atoms with Crippen LogP contribution in [0.1, 0.15) is 78.1 Å². The Morgan fingerprint density at radius 2 is 1.37 bits per heavy atom. The lowest BCUT2D eigenvalue weighted by atomic mass is 10.0. The molecule has 0 saturated heterocycles. The van der Waals surface area contributed by atoms with Crippen LogP contribution in [0.5, 0.6) is 0 Å². The van der Waals surface area contributed by atoms with Crippen molar-refractivity contribution in [3.05, 3.63) is 0 Å². The summed E-state index contributed by atoms with van der Waals surface area (Å²) < 4.78 is 22.7. The summed E-state index contributed by atoms with van der Waals surface area (Å²) in [5.41, 5.74) is 6.01. The molecule has 0 bridgehead atoms. The van der Waals surface area contributed by atoms with Crippen molar-refractivity contribution >= 4 is 9.84 Å². The topological polar surface area (TPSA) is 60.2 Å². The second-order valence-electron chi connectivity index (χ2n) is 5.55. The molecular formula is C15H33NO2S. The van der Waals surface area contributed by atoms with Crippen molar-refractivity contribution < 1.29 is 8.42 Å². The molecule has 1 unspecified atom stereocenters. The van der Waals surface area contributed by atoms with Crippen molar-refractivity contribution in [2.24, 2.45) is 5.73 Å². The van der Waals surface area contributed by atoms with E-state index in [2.05, 4.69) is 6.92 Å². The van der Waals surface area contributed by atoms with Gasteiger partial charge in [0, 0.05) is 11.8 Å². The largest absolute Gasteiger partial charge is 0.328 e. The van der Waals surface area contributed by atoms with E-state index in [9.17, 15) is 8.42 Å². The molecule has 0 rings (SSSR count). The average Bonchev–Trinajstić information content (AvgIpc) is 2.37. The summed E-state index contributed by atoms with van der Waals surface area (Å²) in [5.74, 6) is 0.550. The zero-order chi connectivity index (χ0) is 14.6. The summed E-state index contributed by atoms with van der Waals surface area (Å²) in [4.78, 5) is 0. The predicted octanol–water partition coefficient (Wildman–Crippen LogP) is 3.67. The fourth-order valence-electron chi connectivity index (χ4n) is 2.22. The smallest absolute Gasteiger partial charge is 0.150 e. The maximum atomic E-state index is 11.3. The highest BCUT2D eigenvalue weighted by Crippen LogP contribution is 2.11. The quantitative estimate of drug-likeness (QED) is 0.527. The van der Waals surface area contributed by atoms with Crippen LogP contribution in [0.4, 0.5) is 0 Å². The highest BCUT2D eigenvalue weighted by Gasteiger charge is 2.09. The number of unbranched alkanes of at least 4 members (excludes halogenated alkanes) is 6. The molecule has 0 aromatic rings. The molecule has 0 spiro atoms. The summed E-state index contributed by atoms with van der Waals surface area (Å²) in [6.07, 6.45) is 11.7. The Hall–Kier alpha value is -0.0900. The second kappa shape index (κ2) is 11.7. The van der Waals surface area contributed by atoms with Gasteiger partial charge < -0.3 is 5.73 Å². The monoisotopic (exact) mass is 291 g/mol. The molecule has 4 heteroatoms. The molecule has 0 aromatic carbocycles. The molecule has 1 atom stereocenters. The van der Waals surface area contributed by atoms with Crippen LogP contribution < -0.4 is 5.73 Å². The van der Waals surface area contributed by atoms with Gasteiger partial charge in [0.15, 0.2) is 0 Å². The molecule has 0 amide bonds. The van der Waals surface area contributed by atoms with E-state index < -0.39 is 9.84 Å². The van der Waals surface area contributed by atoms with Crippen molar-refractivity contribution in [3.63, 3.8) is 0 Å².